The standard InChI is InChI=1S/C13H21N3O3/c1-13(7-17,8-18)15-11-6-9(14)4-5-10(11)12(19)16(2)3/h4-6,15,17-18H,7-8,14H2,1-3H3. The smallest absolute Gasteiger partial charge is 0.255 e. The summed E-state index contributed by atoms with van der Waals surface area (Å²) >= 11 is 0. The summed E-state index contributed by atoms with van der Waals surface area (Å²) < 4.78 is 0. The van der Waals surface area contributed by atoms with Crippen LogP contribution in [0.25, 0.3) is 0 Å². The molecule has 0 spiro atoms. The van der Waals surface area contributed by atoms with Crippen molar-refractivity contribution in [3.8, 4) is 0 Å². The molecule has 0 heterocycles. The van der Waals surface area contributed by atoms with E-state index in [1.54, 1.807) is 39.2 Å². The molecular weight excluding hydrogens is 246 g/mol. The van der Waals surface area contributed by atoms with Crippen molar-refractivity contribution in [1.29, 1.82) is 0 Å². The summed E-state index contributed by atoms with van der Waals surface area (Å²) in [5, 5.41) is 21.6. The first-order valence-electron chi connectivity index (χ1n) is 5.94. The van der Waals surface area contributed by atoms with Gasteiger partial charge in [-0.05, 0) is 25.1 Å². The SMILES string of the molecule is CN(C)C(=O)c1ccc(N)cc1NC(C)(CO)CO. The van der Waals surface area contributed by atoms with Crippen LogP contribution in [0.4, 0.5) is 11.4 Å². The molecule has 19 heavy (non-hydrogen) atoms. The largest absolute Gasteiger partial charge is 0.399 e. The normalized spacial score (nSPS) is 11.2. The van der Waals surface area contributed by atoms with Crippen LogP contribution in [0.3, 0.4) is 0 Å². The van der Waals surface area contributed by atoms with E-state index in [2.05, 4.69) is 5.32 Å². The third kappa shape index (κ3) is 3.59. The number of anilines is 2. The Morgan fingerprint density at radius 1 is 1.37 bits per heavy atom. The van der Waals surface area contributed by atoms with Gasteiger partial charge in [-0.3, -0.25) is 4.79 Å². The summed E-state index contributed by atoms with van der Waals surface area (Å²) in [6.07, 6.45) is 0. The molecule has 0 aromatic heterocycles. The Balaban J connectivity index is 3.18. The lowest BCUT2D eigenvalue weighted by atomic mass is 10.0. The Morgan fingerprint density at radius 3 is 2.42 bits per heavy atom. The van der Waals surface area contributed by atoms with Gasteiger partial charge in [0, 0.05) is 25.5 Å². The van der Waals surface area contributed by atoms with Crippen LogP contribution in [-0.2, 0) is 0 Å². The van der Waals surface area contributed by atoms with Gasteiger partial charge in [0.2, 0.25) is 0 Å². The number of amides is 1. The molecule has 1 aromatic rings. The second-order valence-electron chi connectivity index (χ2n) is 5.01. The van der Waals surface area contributed by atoms with E-state index in [-0.39, 0.29) is 19.1 Å². The van der Waals surface area contributed by atoms with Crippen molar-refractivity contribution in [1.82, 2.24) is 4.90 Å². The molecule has 1 aromatic carbocycles. The fraction of sp³-hybridized carbons (Fsp3) is 0.462. The van der Waals surface area contributed by atoms with Crippen LogP contribution in [0.1, 0.15) is 17.3 Å². The van der Waals surface area contributed by atoms with E-state index in [0.717, 1.165) is 0 Å². The molecule has 0 unspecified atom stereocenters. The summed E-state index contributed by atoms with van der Waals surface area (Å²) in [6, 6.07) is 4.87. The first-order valence-corrected chi connectivity index (χ1v) is 5.94. The Labute approximate surface area is 112 Å². The quantitative estimate of drug-likeness (QED) is 0.568. The third-order valence-electron chi connectivity index (χ3n) is 2.81. The molecule has 0 atom stereocenters. The van der Waals surface area contributed by atoms with Crippen LogP contribution in [0.15, 0.2) is 18.2 Å². The lowest BCUT2D eigenvalue weighted by Crippen LogP contribution is -2.43. The highest BCUT2D eigenvalue weighted by molar-refractivity contribution is 6.00. The van der Waals surface area contributed by atoms with Gasteiger partial charge >= 0.3 is 0 Å². The molecule has 0 saturated carbocycles. The van der Waals surface area contributed by atoms with Crippen molar-refractivity contribution >= 4 is 17.3 Å². The van der Waals surface area contributed by atoms with Gasteiger partial charge in [0.15, 0.2) is 0 Å². The van der Waals surface area contributed by atoms with Gasteiger partial charge in [-0.25, -0.2) is 0 Å². The number of nitrogen functional groups attached to an aromatic ring is 1. The zero-order chi connectivity index (χ0) is 14.6. The van der Waals surface area contributed by atoms with Crippen LogP contribution in [0, 0.1) is 0 Å². The number of hydrogen-bond donors (Lipinski definition) is 4. The van der Waals surface area contributed by atoms with Gasteiger partial charge in [-0.1, -0.05) is 0 Å². The van der Waals surface area contributed by atoms with Crippen LogP contribution in [0.2, 0.25) is 0 Å². The van der Waals surface area contributed by atoms with Gasteiger partial charge in [0.05, 0.1) is 24.3 Å². The topological polar surface area (TPSA) is 98.8 Å². The average Bonchev–Trinajstić information content (AvgIpc) is 2.38. The maximum Gasteiger partial charge on any atom is 0.255 e. The van der Waals surface area contributed by atoms with Crippen molar-refractivity contribution in [3.63, 3.8) is 0 Å². The summed E-state index contributed by atoms with van der Waals surface area (Å²) in [4.78, 5) is 13.5. The number of carbonyl (C=O) groups is 1. The summed E-state index contributed by atoms with van der Waals surface area (Å²) in [5.74, 6) is -0.180. The van der Waals surface area contributed by atoms with E-state index < -0.39 is 5.54 Å². The van der Waals surface area contributed by atoms with Crippen molar-refractivity contribution in [2.45, 2.75) is 12.5 Å². The van der Waals surface area contributed by atoms with E-state index in [4.69, 9.17) is 5.73 Å². The minimum atomic E-state index is -0.921. The minimum absolute atomic E-state index is 0.180. The maximum atomic E-state index is 12.1. The van der Waals surface area contributed by atoms with E-state index >= 15 is 0 Å². The molecule has 106 valence electrons. The third-order valence-corrected chi connectivity index (χ3v) is 2.81. The van der Waals surface area contributed by atoms with E-state index in [9.17, 15) is 15.0 Å². The highest BCUT2D eigenvalue weighted by Gasteiger charge is 2.24. The summed E-state index contributed by atoms with van der Waals surface area (Å²) in [5.41, 5.74) is 6.22. The number of benzene rings is 1. The number of aliphatic hydroxyl groups is 2. The highest BCUT2D eigenvalue weighted by Crippen LogP contribution is 2.24. The highest BCUT2D eigenvalue weighted by atomic mass is 16.3. The fourth-order valence-corrected chi connectivity index (χ4v) is 1.55. The second kappa shape index (κ2) is 5.90. The molecule has 5 N–H and O–H groups in total. The molecule has 6 nitrogen and oxygen atoms in total. The van der Waals surface area contributed by atoms with E-state index in [1.807, 2.05) is 0 Å². The molecular formula is C13H21N3O3. The Morgan fingerprint density at radius 2 is 1.95 bits per heavy atom. The molecule has 0 radical (unpaired) electrons. The molecule has 1 rings (SSSR count). The Hall–Kier alpha value is -1.79. The van der Waals surface area contributed by atoms with Crippen LogP contribution < -0.4 is 11.1 Å². The lowest BCUT2D eigenvalue weighted by molar-refractivity contribution is 0.0827. The number of aliphatic hydroxyl groups excluding tert-OH is 2. The van der Waals surface area contributed by atoms with Gasteiger partial charge in [-0.2, -0.15) is 0 Å². The number of hydrogen-bond acceptors (Lipinski definition) is 5. The molecule has 0 saturated heterocycles. The van der Waals surface area contributed by atoms with Gasteiger partial charge in [0.25, 0.3) is 5.91 Å². The second-order valence-corrected chi connectivity index (χ2v) is 5.01. The molecule has 1 amide bonds. The van der Waals surface area contributed by atoms with Crippen LogP contribution in [-0.4, -0.2) is 53.9 Å². The number of carbonyl (C=O) groups excluding carboxylic acids is 1. The molecule has 0 bridgehead atoms. The van der Waals surface area contributed by atoms with E-state index in [0.29, 0.717) is 16.9 Å². The first-order chi connectivity index (χ1) is 8.83. The molecule has 0 aliphatic rings. The van der Waals surface area contributed by atoms with Gasteiger partial charge in [0.1, 0.15) is 0 Å². The van der Waals surface area contributed by atoms with Crippen molar-refractivity contribution in [2.24, 2.45) is 0 Å². The number of rotatable bonds is 5. The van der Waals surface area contributed by atoms with Crippen molar-refractivity contribution < 1.29 is 15.0 Å². The Kier molecular flexibility index (Phi) is 4.74. The van der Waals surface area contributed by atoms with Crippen LogP contribution in [0.5, 0.6) is 0 Å². The number of nitrogens with two attached hydrogens (primary N) is 1. The minimum Gasteiger partial charge on any atom is -0.399 e. The fourth-order valence-electron chi connectivity index (χ4n) is 1.55. The first kappa shape index (κ1) is 15.3. The maximum absolute atomic E-state index is 12.1. The zero-order valence-electron chi connectivity index (χ0n) is 11.5. The van der Waals surface area contributed by atoms with Crippen molar-refractivity contribution in [2.75, 3.05) is 38.4 Å². The predicted molar refractivity (Wildman–Crippen MR) is 75.1 cm³/mol. The number of nitrogens with zero attached hydrogens (tertiary/aromatic N) is 1. The average molecular weight is 267 g/mol. The molecule has 0 aliphatic heterocycles. The predicted octanol–water partition coefficient (Wildman–Crippen LogP) is 0.126. The summed E-state index contributed by atoms with van der Waals surface area (Å²) in [7, 11) is 3.31. The number of nitrogens with one attached hydrogen (secondary N) is 1. The van der Waals surface area contributed by atoms with Gasteiger partial charge < -0.3 is 26.2 Å². The van der Waals surface area contributed by atoms with Crippen LogP contribution >= 0.6 is 0 Å². The lowest BCUT2D eigenvalue weighted by Gasteiger charge is -2.29. The molecule has 0 aliphatic carbocycles. The van der Waals surface area contributed by atoms with Gasteiger partial charge in [-0.15, -0.1) is 0 Å². The molecule has 0 fully saturated rings. The molecule has 6 heteroatoms. The zero-order valence-corrected chi connectivity index (χ0v) is 11.5. The van der Waals surface area contributed by atoms with E-state index in [1.165, 1.54) is 4.90 Å². The van der Waals surface area contributed by atoms with Crippen molar-refractivity contribution in [3.05, 3.63) is 23.8 Å². The Bertz CT molecular complexity index is 456. The monoisotopic (exact) mass is 267 g/mol. The summed E-state index contributed by atoms with van der Waals surface area (Å²) in [6.45, 7) is 1.11.